The highest BCUT2D eigenvalue weighted by Gasteiger charge is 2.33. The zero-order valence-corrected chi connectivity index (χ0v) is 24.6. The van der Waals surface area contributed by atoms with Gasteiger partial charge in [-0.05, 0) is 86.7 Å². The normalized spacial score (nSPS) is 12.1. The van der Waals surface area contributed by atoms with Crippen molar-refractivity contribution >= 4 is 27.5 Å². The molecule has 3 aromatic rings. The summed E-state index contributed by atoms with van der Waals surface area (Å²) in [5.74, 6) is -1.28. The summed E-state index contributed by atoms with van der Waals surface area (Å²) in [5, 5.41) is 2.85. The predicted molar refractivity (Wildman–Crippen MR) is 156 cm³/mol. The number of halogens is 1. The van der Waals surface area contributed by atoms with E-state index in [2.05, 4.69) is 5.32 Å². The van der Waals surface area contributed by atoms with Crippen molar-refractivity contribution in [1.82, 2.24) is 10.2 Å². The number of rotatable bonds is 12. The summed E-state index contributed by atoms with van der Waals surface area (Å²) in [6.45, 7) is 9.34. The first-order chi connectivity index (χ1) is 19.0. The standard InChI is InChI=1S/C31H38FN3O4S/c1-6-18-33-31(37)29(7-2)34(20-25-11-13-26(32)14-12-25)30(36)21-35(27-15-10-23(4)24(5)19-27)40(38,39)28-16-8-22(3)9-17-28/h8-17,19,29H,6-7,18,20-21H2,1-5H3,(H,33,37)/t29-/m0/s1. The molecule has 0 unspecified atom stereocenters. The Morgan fingerprint density at radius 3 is 2.12 bits per heavy atom. The molecule has 0 heterocycles. The SMILES string of the molecule is CCCNC(=O)[C@H](CC)N(Cc1ccc(F)cc1)C(=O)CN(c1ccc(C)c(C)c1)S(=O)(=O)c1ccc(C)cc1. The van der Waals surface area contributed by atoms with Crippen molar-refractivity contribution in [3.63, 3.8) is 0 Å². The van der Waals surface area contributed by atoms with Crippen molar-refractivity contribution in [1.29, 1.82) is 0 Å². The smallest absolute Gasteiger partial charge is 0.264 e. The van der Waals surface area contributed by atoms with E-state index < -0.39 is 34.3 Å². The molecular weight excluding hydrogens is 529 g/mol. The number of benzene rings is 3. The zero-order valence-electron chi connectivity index (χ0n) is 23.8. The molecule has 0 aliphatic rings. The number of aryl methyl sites for hydroxylation is 3. The third-order valence-corrected chi connectivity index (χ3v) is 8.66. The van der Waals surface area contributed by atoms with Crippen molar-refractivity contribution in [3.8, 4) is 0 Å². The summed E-state index contributed by atoms with van der Waals surface area (Å²) >= 11 is 0. The number of nitrogens with one attached hydrogen (secondary N) is 1. The number of sulfonamides is 1. The van der Waals surface area contributed by atoms with Crippen molar-refractivity contribution < 1.29 is 22.4 Å². The molecule has 0 fully saturated rings. The molecule has 0 bridgehead atoms. The van der Waals surface area contributed by atoms with E-state index in [0.717, 1.165) is 27.4 Å². The number of hydrogen-bond donors (Lipinski definition) is 1. The fourth-order valence-electron chi connectivity index (χ4n) is 4.32. The third-order valence-electron chi connectivity index (χ3n) is 6.87. The van der Waals surface area contributed by atoms with Crippen molar-refractivity contribution in [3.05, 3.63) is 94.8 Å². The lowest BCUT2D eigenvalue weighted by Gasteiger charge is -2.33. The lowest BCUT2D eigenvalue weighted by molar-refractivity contribution is -0.140. The molecule has 0 aliphatic carbocycles. The number of nitrogens with zero attached hydrogens (tertiary/aromatic N) is 2. The number of anilines is 1. The molecule has 0 spiro atoms. The summed E-state index contributed by atoms with van der Waals surface area (Å²) in [5.41, 5.74) is 3.74. The maximum atomic E-state index is 14.0. The van der Waals surface area contributed by atoms with Crippen LogP contribution in [0.15, 0.2) is 71.6 Å². The van der Waals surface area contributed by atoms with Crippen LogP contribution in [-0.4, -0.2) is 44.3 Å². The Hall–Kier alpha value is -3.72. The molecule has 0 saturated carbocycles. The second-order valence-electron chi connectivity index (χ2n) is 9.96. The minimum absolute atomic E-state index is 0.0164. The molecule has 0 saturated heterocycles. The van der Waals surface area contributed by atoms with Crippen LogP contribution < -0.4 is 9.62 Å². The monoisotopic (exact) mass is 567 g/mol. The number of carbonyl (C=O) groups excluding carboxylic acids is 2. The minimum Gasteiger partial charge on any atom is -0.354 e. The van der Waals surface area contributed by atoms with Crippen LogP contribution in [0.1, 0.15) is 48.9 Å². The van der Waals surface area contributed by atoms with E-state index in [1.165, 1.54) is 29.2 Å². The molecule has 214 valence electrons. The highest BCUT2D eigenvalue weighted by Crippen LogP contribution is 2.27. The Kier molecular flexibility index (Phi) is 10.5. The maximum Gasteiger partial charge on any atom is 0.264 e. The van der Waals surface area contributed by atoms with Gasteiger partial charge in [-0.3, -0.25) is 13.9 Å². The van der Waals surface area contributed by atoms with E-state index in [0.29, 0.717) is 24.2 Å². The molecule has 9 heteroatoms. The molecule has 3 rings (SSSR count). The summed E-state index contributed by atoms with van der Waals surface area (Å²) in [7, 11) is -4.14. The average molecular weight is 568 g/mol. The van der Waals surface area contributed by atoms with E-state index in [9.17, 15) is 22.4 Å². The lowest BCUT2D eigenvalue weighted by atomic mass is 10.1. The van der Waals surface area contributed by atoms with E-state index in [1.54, 1.807) is 43.3 Å². The zero-order chi connectivity index (χ0) is 29.4. The molecule has 1 atom stereocenters. The highest BCUT2D eigenvalue weighted by atomic mass is 32.2. The molecule has 3 aromatic carbocycles. The number of carbonyl (C=O) groups is 2. The molecule has 0 aromatic heterocycles. The first kappa shape index (κ1) is 30.8. The van der Waals surface area contributed by atoms with E-state index >= 15 is 0 Å². The number of hydrogen-bond acceptors (Lipinski definition) is 4. The Bertz CT molecular complexity index is 1420. The van der Waals surface area contributed by atoms with Crippen LogP contribution in [0.4, 0.5) is 10.1 Å². The fraction of sp³-hybridized carbons (Fsp3) is 0.355. The van der Waals surface area contributed by atoms with Gasteiger partial charge in [0.15, 0.2) is 0 Å². The van der Waals surface area contributed by atoms with Crippen LogP contribution in [0.25, 0.3) is 0 Å². The van der Waals surface area contributed by atoms with Gasteiger partial charge in [-0.2, -0.15) is 0 Å². The molecule has 7 nitrogen and oxygen atoms in total. The van der Waals surface area contributed by atoms with E-state index in [-0.39, 0.29) is 17.3 Å². The fourth-order valence-corrected chi connectivity index (χ4v) is 5.72. The summed E-state index contributed by atoms with van der Waals surface area (Å²) < 4.78 is 42.6. The second-order valence-corrected chi connectivity index (χ2v) is 11.8. The molecular formula is C31H38FN3O4S. The van der Waals surface area contributed by atoms with Crippen molar-refractivity contribution in [2.45, 2.75) is 64.9 Å². The van der Waals surface area contributed by atoms with E-state index in [1.807, 2.05) is 33.8 Å². The van der Waals surface area contributed by atoms with Crippen molar-refractivity contribution in [2.24, 2.45) is 0 Å². The van der Waals surface area contributed by atoms with Gasteiger partial charge >= 0.3 is 0 Å². The second kappa shape index (κ2) is 13.6. The molecule has 0 aliphatic heterocycles. The summed E-state index contributed by atoms with van der Waals surface area (Å²) in [6, 6.07) is 16.5. The van der Waals surface area contributed by atoms with Gasteiger partial charge in [-0.15, -0.1) is 0 Å². The first-order valence-electron chi connectivity index (χ1n) is 13.5. The molecule has 2 amide bonds. The first-order valence-corrected chi connectivity index (χ1v) is 14.9. The minimum atomic E-state index is -4.14. The van der Waals surface area contributed by atoms with Gasteiger partial charge in [0, 0.05) is 13.1 Å². The third kappa shape index (κ3) is 7.47. The van der Waals surface area contributed by atoms with Crippen LogP contribution in [-0.2, 0) is 26.2 Å². The van der Waals surface area contributed by atoms with Crippen LogP contribution in [0, 0.1) is 26.6 Å². The average Bonchev–Trinajstić information content (AvgIpc) is 2.93. The quantitative estimate of drug-likeness (QED) is 0.323. The Balaban J connectivity index is 2.07. The molecule has 0 radical (unpaired) electrons. The largest absolute Gasteiger partial charge is 0.354 e. The number of amides is 2. The van der Waals surface area contributed by atoms with Gasteiger partial charge in [-0.1, -0.05) is 49.7 Å². The maximum absolute atomic E-state index is 14.0. The summed E-state index contributed by atoms with van der Waals surface area (Å²) in [6.07, 6.45) is 1.04. The van der Waals surface area contributed by atoms with Crippen LogP contribution in [0.2, 0.25) is 0 Å². The van der Waals surface area contributed by atoms with Crippen molar-refractivity contribution in [2.75, 3.05) is 17.4 Å². The van der Waals surface area contributed by atoms with Crippen LogP contribution >= 0.6 is 0 Å². The lowest BCUT2D eigenvalue weighted by Crippen LogP contribution is -2.52. The predicted octanol–water partition coefficient (Wildman–Crippen LogP) is 5.28. The van der Waals surface area contributed by atoms with Gasteiger partial charge in [0.2, 0.25) is 11.8 Å². The van der Waals surface area contributed by atoms with Gasteiger partial charge in [0.25, 0.3) is 10.0 Å². The van der Waals surface area contributed by atoms with Crippen LogP contribution in [0.5, 0.6) is 0 Å². The molecule has 40 heavy (non-hydrogen) atoms. The van der Waals surface area contributed by atoms with Gasteiger partial charge in [0.1, 0.15) is 18.4 Å². The Morgan fingerprint density at radius 1 is 0.900 bits per heavy atom. The van der Waals surface area contributed by atoms with E-state index in [4.69, 9.17) is 0 Å². The van der Waals surface area contributed by atoms with Crippen LogP contribution in [0.3, 0.4) is 0 Å². The van der Waals surface area contributed by atoms with Gasteiger partial charge in [-0.25, -0.2) is 12.8 Å². The van der Waals surface area contributed by atoms with Gasteiger partial charge < -0.3 is 10.2 Å². The Morgan fingerprint density at radius 2 is 1.55 bits per heavy atom. The molecule has 1 N–H and O–H groups in total. The highest BCUT2D eigenvalue weighted by molar-refractivity contribution is 7.92. The Labute approximate surface area is 237 Å². The van der Waals surface area contributed by atoms with Gasteiger partial charge in [0.05, 0.1) is 10.6 Å². The summed E-state index contributed by atoms with van der Waals surface area (Å²) in [4.78, 5) is 28.6. The topological polar surface area (TPSA) is 86.8 Å².